The molecule has 1 unspecified atom stereocenters. The molecule has 1 saturated heterocycles. The molecule has 5 rings (SSSR count). The monoisotopic (exact) mass is 302 g/mol. The van der Waals surface area contributed by atoms with Gasteiger partial charge in [0.05, 0.1) is 18.3 Å². The van der Waals surface area contributed by atoms with Crippen LogP contribution in [0.25, 0.3) is 0 Å². The summed E-state index contributed by atoms with van der Waals surface area (Å²) >= 11 is 0. The Balaban J connectivity index is 1.51. The lowest BCUT2D eigenvalue weighted by Crippen LogP contribution is -2.51. The van der Waals surface area contributed by atoms with Crippen LogP contribution in [0.3, 0.4) is 0 Å². The third-order valence-electron chi connectivity index (χ3n) is 8.86. The number of fused-ring (bicyclic) bond motifs is 6. The van der Waals surface area contributed by atoms with Gasteiger partial charge in [0.2, 0.25) is 0 Å². The maximum atomic E-state index is 10.1. The lowest BCUT2D eigenvalue weighted by atomic mass is 9.47. The Hall–Kier alpha value is -0.340. The molecular formula is C20H30O2. The van der Waals surface area contributed by atoms with E-state index in [0.717, 1.165) is 37.2 Å². The molecule has 7 atom stereocenters. The summed E-state index contributed by atoms with van der Waals surface area (Å²) in [5.41, 5.74) is 2.69. The highest BCUT2D eigenvalue weighted by Gasteiger charge is 2.69. The Bertz CT molecular complexity index is 534. The Labute approximate surface area is 134 Å². The van der Waals surface area contributed by atoms with Gasteiger partial charge in [-0.05, 0) is 74.5 Å². The number of aliphatic hydroxyl groups is 1. The summed E-state index contributed by atoms with van der Waals surface area (Å²) in [6.45, 7) is 6.09. The number of rotatable bonds is 0. The molecule has 1 N–H and O–H groups in total. The summed E-state index contributed by atoms with van der Waals surface area (Å²) in [5.74, 6) is 2.59. The fourth-order valence-electron chi connectivity index (χ4n) is 7.30. The van der Waals surface area contributed by atoms with Gasteiger partial charge in [-0.25, -0.2) is 0 Å². The molecule has 3 saturated carbocycles. The van der Waals surface area contributed by atoms with E-state index in [0.29, 0.717) is 10.8 Å². The van der Waals surface area contributed by atoms with E-state index in [-0.39, 0.29) is 11.7 Å². The maximum Gasteiger partial charge on any atom is 0.0972 e. The molecule has 0 aromatic rings. The summed E-state index contributed by atoms with van der Waals surface area (Å²) in [7, 11) is 0. The zero-order chi connectivity index (χ0) is 15.2. The lowest BCUT2D eigenvalue weighted by molar-refractivity contribution is -0.0556. The van der Waals surface area contributed by atoms with Gasteiger partial charge in [-0.2, -0.15) is 0 Å². The van der Waals surface area contributed by atoms with E-state index in [4.69, 9.17) is 4.74 Å². The van der Waals surface area contributed by atoms with Crippen LogP contribution >= 0.6 is 0 Å². The van der Waals surface area contributed by atoms with Crippen molar-refractivity contribution in [3.8, 4) is 0 Å². The van der Waals surface area contributed by atoms with Crippen molar-refractivity contribution in [3.63, 3.8) is 0 Å². The fourth-order valence-corrected chi connectivity index (χ4v) is 7.30. The molecule has 4 fully saturated rings. The number of allylic oxidation sites excluding steroid dienone is 1. The highest BCUT2D eigenvalue weighted by molar-refractivity contribution is 5.27. The van der Waals surface area contributed by atoms with Gasteiger partial charge in [0.15, 0.2) is 0 Å². The van der Waals surface area contributed by atoms with Crippen LogP contribution in [0.4, 0.5) is 0 Å². The second-order valence-electron chi connectivity index (χ2n) is 9.43. The van der Waals surface area contributed by atoms with Crippen LogP contribution in [-0.4, -0.2) is 23.4 Å². The Morgan fingerprint density at radius 3 is 2.64 bits per heavy atom. The minimum Gasteiger partial charge on any atom is -0.393 e. The predicted octanol–water partition coefficient (Wildman–Crippen LogP) is 4.08. The summed E-state index contributed by atoms with van der Waals surface area (Å²) in [4.78, 5) is 0. The molecule has 0 radical (unpaired) electrons. The van der Waals surface area contributed by atoms with Crippen molar-refractivity contribution in [2.24, 2.45) is 28.6 Å². The molecule has 1 heterocycles. The molecule has 122 valence electrons. The van der Waals surface area contributed by atoms with E-state index >= 15 is 0 Å². The molecule has 0 bridgehead atoms. The number of ether oxygens (including phenoxy) is 1. The zero-order valence-corrected chi connectivity index (χ0v) is 14.1. The van der Waals surface area contributed by atoms with Gasteiger partial charge >= 0.3 is 0 Å². The topological polar surface area (TPSA) is 32.8 Å². The first kappa shape index (κ1) is 14.0. The summed E-state index contributed by atoms with van der Waals surface area (Å²) < 4.78 is 6.01. The van der Waals surface area contributed by atoms with Crippen LogP contribution in [-0.2, 0) is 4.74 Å². The molecule has 22 heavy (non-hydrogen) atoms. The molecule has 0 aromatic heterocycles. The average molecular weight is 302 g/mol. The molecule has 0 aromatic carbocycles. The fraction of sp³-hybridized carbons (Fsp3) is 0.900. The minimum absolute atomic E-state index is 0.0839. The molecule has 2 heteroatoms. The van der Waals surface area contributed by atoms with Gasteiger partial charge in [0.1, 0.15) is 0 Å². The van der Waals surface area contributed by atoms with Crippen LogP contribution in [0.15, 0.2) is 11.6 Å². The molecule has 2 nitrogen and oxygen atoms in total. The van der Waals surface area contributed by atoms with E-state index in [9.17, 15) is 5.11 Å². The Kier molecular flexibility index (Phi) is 2.67. The van der Waals surface area contributed by atoms with Gasteiger partial charge < -0.3 is 9.84 Å². The second kappa shape index (κ2) is 4.19. The average Bonchev–Trinajstić information content (AvgIpc) is 3.22. The maximum absolute atomic E-state index is 10.1. The van der Waals surface area contributed by atoms with Crippen molar-refractivity contribution >= 4 is 0 Å². The van der Waals surface area contributed by atoms with Crippen molar-refractivity contribution in [2.45, 2.75) is 76.9 Å². The second-order valence-corrected chi connectivity index (χ2v) is 9.43. The first-order valence-electron chi connectivity index (χ1n) is 9.50. The van der Waals surface area contributed by atoms with Gasteiger partial charge in [0, 0.05) is 5.41 Å². The lowest BCUT2D eigenvalue weighted by Gasteiger charge is -2.57. The van der Waals surface area contributed by atoms with Gasteiger partial charge in [-0.1, -0.05) is 25.5 Å². The van der Waals surface area contributed by atoms with Gasteiger partial charge in [-0.3, -0.25) is 0 Å². The van der Waals surface area contributed by atoms with E-state index in [2.05, 4.69) is 19.9 Å². The van der Waals surface area contributed by atoms with Crippen LogP contribution in [0.5, 0.6) is 0 Å². The molecule has 1 aliphatic heterocycles. The van der Waals surface area contributed by atoms with Crippen molar-refractivity contribution in [3.05, 3.63) is 11.6 Å². The number of aliphatic hydroxyl groups excluding tert-OH is 1. The van der Waals surface area contributed by atoms with Crippen LogP contribution in [0.1, 0.15) is 65.2 Å². The predicted molar refractivity (Wildman–Crippen MR) is 86.4 cm³/mol. The summed E-state index contributed by atoms with van der Waals surface area (Å²) in [6, 6.07) is 0. The first-order chi connectivity index (χ1) is 10.5. The Morgan fingerprint density at radius 1 is 1.09 bits per heavy atom. The zero-order valence-electron chi connectivity index (χ0n) is 14.1. The van der Waals surface area contributed by atoms with Crippen LogP contribution in [0.2, 0.25) is 0 Å². The molecule has 1 spiro atoms. The first-order valence-corrected chi connectivity index (χ1v) is 9.50. The summed E-state index contributed by atoms with van der Waals surface area (Å²) in [5, 5.41) is 10.1. The van der Waals surface area contributed by atoms with E-state index in [1.165, 1.54) is 38.5 Å². The Morgan fingerprint density at radius 2 is 1.86 bits per heavy atom. The highest BCUT2D eigenvalue weighted by atomic mass is 16.6. The largest absolute Gasteiger partial charge is 0.393 e. The summed E-state index contributed by atoms with van der Waals surface area (Å²) in [6.07, 6.45) is 12.3. The van der Waals surface area contributed by atoms with Crippen LogP contribution in [0, 0.1) is 28.6 Å². The van der Waals surface area contributed by atoms with Crippen molar-refractivity contribution in [1.82, 2.24) is 0 Å². The minimum atomic E-state index is -0.0839. The van der Waals surface area contributed by atoms with Crippen molar-refractivity contribution in [1.29, 1.82) is 0 Å². The standard InChI is InChI=1S/C20H30O2/c1-18-8-5-14(21)11-13(18)3-4-15-16(18)6-9-19(2)17(15)7-10-20(19)12-22-20/h3,14-17,21H,4-12H2,1-2H3/t14?,15-,16+,17+,18+,19+,20+/m1/s1. The quantitative estimate of drug-likeness (QED) is 0.540. The third-order valence-corrected chi connectivity index (χ3v) is 8.86. The van der Waals surface area contributed by atoms with Crippen LogP contribution < -0.4 is 0 Å². The third kappa shape index (κ3) is 1.54. The SMILES string of the molecule is C[C@]12CCC(O)CC1=CC[C@@H]1[C@@H]2CC[C@@]2(C)[C@H]1CC[C@]21CO1. The van der Waals surface area contributed by atoms with E-state index in [1.807, 2.05) is 0 Å². The molecule has 5 aliphatic rings. The highest BCUT2D eigenvalue weighted by Crippen LogP contribution is 2.70. The van der Waals surface area contributed by atoms with Gasteiger partial charge in [-0.15, -0.1) is 0 Å². The smallest absolute Gasteiger partial charge is 0.0972 e. The molecule has 0 amide bonds. The van der Waals surface area contributed by atoms with Crippen molar-refractivity contribution in [2.75, 3.05) is 6.61 Å². The number of hydrogen-bond donors (Lipinski definition) is 1. The number of hydrogen-bond acceptors (Lipinski definition) is 2. The molecule has 4 aliphatic carbocycles. The van der Waals surface area contributed by atoms with Crippen molar-refractivity contribution < 1.29 is 9.84 Å². The van der Waals surface area contributed by atoms with Gasteiger partial charge in [0.25, 0.3) is 0 Å². The molecular weight excluding hydrogens is 272 g/mol. The van der Waals surface area contributed by atoms with E-state index < -0.39 is 0 Å². The van der Waals surface area contributed by atoms with E-state index in [1.54, 1.807) is 5.57 Å². The number of epoxide rings is 1. The normalized spacial score (nSPS) is 59.5.